The highest BCUT2D eigenvalue weighted by Gasteiger charge is 2.40. The number of phenols is 2. The number of phenolic OH excluding ortho intramolecular Hbond substituents is 2. The van der Waals surface area contributed by atoms with Gasteiger partial charge >= 0.3 is 0 Å². The van der Waals surface area contributed by atoms with E-state index >= 15 is 0 Å². The van der Waals surface area contributed by atoms with Crippen LogP contribution in [0, 0.1) is 0 Å². The summed E-state index contributed by atoms with van der Waals surface area (Å²) in [5.41, 5.74) is 1.01. The Morgan fingerprint density at radius 2 is 1.32 bits per heavy atom. The smallest absolute Gasteiger partial charge is 0.164 e. The van der Waals surface area contributed by atoms with Gasteiger partial charge in [-0.15, -0.1) is 0 Å². The van der Waals surface area contributed by atoms with Crippen LogP contribution in [0.2, 0.25) is 0 Å². The van der Waals surface area contributed by atoms with Crippen LogP contribution in [0.1, 0.15) is 11.1 Å². The van der Waals surface area contributed by atoms with Crippen molar-refractivity contribution in [1.29, 1.82) is 0 Å². The number of hydrogen-bond acceptors (Lipinski definition) is 3. The van der Waals surface area contributed by atoms with Gasteiger partial charge in [0.1, 0.15) is 11.5 Å². The molecule has 0 aliphatic heterocycles. The Hall–Kier alpha value is -2.38. The van der Waals surface area contributed by atoms with Gasteiger partial charge in [-0.05, 0) is 35.4 Å². The minimum atomic E-state index is -0.598. The molecule has 0 amide bonds. The molecule has 0 spiro atoms. The lowest BCUT2D eigenvalue weighted by atomic mass is 9.70. The Morgan fingerprint density at radius 3 is 1.77 bits per heavy atom. The third-order valence-corrected chi connectivity index (χ3v) is 4.84. The average Bonchev–Trinajstić information content (AvgIpc) is 2.56. The van der Waals surface area contributed by atoms with Crippen molar-refractivity contribution in [2.24, 2.45) is 0 Å². The van der Waals surface area contributed by atoms with Gasteiger partial charge in [0.2, 0.25) is 0 Å². The topological polar surface area (TPSA) is 57.5 Å². The molecule has 0 bridgehead atoms. The molecule has 0 aromatic heterocycles. The Balaban J connectivity index is 2.24. The van der Waals surface area contributed by atoms with E-state index in [1.165, 1.54) is 0 Å². The second kappa shape index (κ2) is 5.78. The summed E-state index contributed by atoms with van der Waals surface area (Å²) in [5.74, 6) is 0.382. The van der Waals surface area contributed by atoms with E-state index in [0.29, 0.717) is 0 Å². The van der Waals surface area contributed by atoms with E-state index in [1.54, 1.807) is 24.3 Å². The van der Waals surface area contributed by atoms with Crippen LogP contribution in [0.25, 0.3) is 0 Å². The molecular weight excluding hydrogens is 295 g/mol. The molecule has 0 fully saturated rings. The molecule has 3 nitrogen and oxygen atoms in total. The van der Waals surface area contributed by atoms with Crippen LogP contribution in [0.15, 0.2) is 72.8 Å². The van der Waals surface area contributed by atoms with Crippen molar-refractivity contribution in [3.05, 3.63) is 84.0 Å². The minimum absolute atomic E-state index is 0.0143. The summed E-state index contributed by atoms with van der Waals surface area (Å²) in [4.78, 5) is 0. The van der Waals surface area contributed by atoms with Crippen molar-refractivity contribution in [2.75, 3.05) is 0 Å². The van der Waals surface area contributed by atoms with E-state index in [4.69, 9.17) is 0 Å². The summed E-state index contributed by atoms with van der Waals surface area (Å²) in [7, 11) is 0.0143. The van der Waals surface area contributed by atoms with Gasteiger partial charge in [0.15, 0.2) is 8.46 Å². The number of hydrogen-bond donors (Lipinski definition) is 2. The lowest BCUT2D eigenvalue weighted by molar-refractivity contribution is 0.474. The van der Waals surface area contributed by atoms with Crippen LogP contribution in [0.5, 0.6) is 11.5 Å². The van der Waals surface area contributed by atoms with Gasteiger partial charge in [-0.25, -0.2) is 0 Å². The second-order valence-electron chi connectivity index (χ2n) is 5.26. The van der Waals surface area contributed by atoms with Gasteiger partial charge in [0.05, 0.1) is 11.1 Å². The average molecular weight is 310 g/mol. The van der Waals surface area contributed by atoms with Gasteiger partial charge in [-0.1, -0.05) is 48.6 Å². The SMILES string of the molecule is O=PC1C=CC=CC1(c1ccc(O)cc1)c1ccc(O)cc1. The molecule has 0 saturated heterocycles. The van der Waals surface area contributed by atoms with Crippen molar-refractivity contribution in [1.82, 2.24) is 0 Å². The molecular formula is C18H15O3P. The number of benzene rings is 2. The monoisotopic (exact) mass is 310 g/mol. The fourth-order valence-electron chi connectivity index (χ4n) is 2.92. The molecule has 1 aliphatic carbocycles. The van der Waals surface area contributed by atoms with Crippen LogP contribution in [0.3, 0.4) is 0 Å². The molecule has 2 aromatic rings. The van der Waals surface area contributed by atoms with Crippen LogP contribution in [0.4, 0.5) is 0 Å². The summed E-state index contributed by atoms with van der Waals surface area (Å²) >= 11 is 0. The predicted octanol–water partition coefficient (Wildman–Crippen LogP) is 4.17. The van der Waals surface area contributed by atoms with Gasteiger partial charge in [-0.2, -0.15) is 0 Å². The Bertz CT molecular complexity index is 684. The normalized spacial score (nSPS) is 19.4. The maximum Gasteiger partial charge on any atom is 0.164 e. The highest BCUT2D eigenvalue weighted by atomic mass is 31.1. The summed E-state index contributed by atoms with van der Waals surface area (Å²) < 4.78 is 11.8. The van der Waals surface area contributed by atoms with Gasteiger partial charge in [0, 0.05) is 0 Å². The zero-order valence-corrected chi connectivity index (χ0v) is 12.6. The number of rotatable bonds is 3. The fourth-order valence-corrected chi connectivity index (χ4v) is 3.64. The van der Waals surface area contributed by atoms with Crippen molar-refractivity contribution in [3.8, 4) is 11.5 Å². The molecule has 1 aliphatic rings. The maximum absolute atomic E-state index is 11.8. The first kappa shape index (κ1) is 14.6. The van der Waals surface area contributed by atoms with E-state index < -0.39 is 5.41 Å². The fraction of sp³-hybridized carbons (Fsp3) is 0.111. The Morgan fingerprint density at radius 1 is 0.818 bits per heavy atom. The van der Waals surface area contributed by atoms with E-state index in [0.717, 1.165) is 11.1 Å². The summed E-state index contributed by atoms with van der Waals surface area (Å²) in [5, 5.41) is 19.1. The van der Waals surface area contributed by atoms with E-state index in [-0.39, 0.29) is 25.6 Å². The van der Waals surface area contributed by atoms with Crippen LogP contribution in [-0.4, -0.2) is 15.9 Å². The lowest BCUT2D eigenvalue weighted by Crippen LogP contribution is -2.35. The number of aromatic hydroxyl groups is 2. The standard InChI is InChI=1S/C18H15O3P/c19-15-8-4-13(5-9-15)18(12-2-1-3-17(18)22-21)14-6-10-16(20)11-7-14/h1-12,17,19-20H. The van der Waals surface area contributed by atoms with Gasteiger partial charge in [0.25, 0.3) is 0 Å². The van der Waals surface area contributed by atoms with Gasteiger partial charge in [-0.3, -0.25) is 4.57 Å². The van der Waals surface area contributed by atoms with E-state index in [2.05, 4.69) is 0 Å². The van der Waals surface area contributed by atoms with E-state index in [1.807, 2.05) is 48.6 Å². The summed E-state index contributed by atoms with van der Waals surface area (Å²) in [6.45, 7) is 0. The molecule has 3 rings (SSSR count). The Labute approximate surface area is 130 Å². The zero-order valence-electron chi connectivity index (χ0n) is 11.8. The molecule has 2 aromatic carbocycles. The van der Waals surface area contributed by atoms with Crippen LogP contribution >= 0.6 is 8.46 Å². The molecule has 0 saturated carbocycles. The highest BCUT2D eigenvalue weighted by molar-refractivity contribution is 7.25. The van der Waals surface area contributed by atoms with Gasteiger partial charge < -0.3 is 10.2 Å². The lowest BCUT2D eigenvalue weighted by Gasteiger charge is -2.36. The highest BCUT2D eigenvalue weighted by Crippen LogP contribution is 2.45. The van der Waals surface area contributed by atoms with Crippen molar-refractivity contribution < 1.29 is 14.8 Å². The molecule has 2 N–H and O–H groups in total. The molecule has 0 heterocycles. The molecule has 110 valence electrons. The zero-order chi connectivity index (χ0) is 15.6. The molecule has 1 atom stereocenters. The van der Waals surface area contributed by atoms with Crippen molar-refractivity contribution in [3.63, 3.8) is 0 Å². The molecule has 22 heavy (non-hydrogen) atoms. The van der Waals surface area contributed by atoms with Crippen LogP contribution in [-0.2, 0) is 9.98 Å². The number of allylic oxidation sites excluding steroid dienone is 4. The molecule has 1 unspecified atom stereocenters. The first-order valence-corrected chi connectivity index (χ1v) is 7.82. The van der Waals surface area contributed by atoms with Crippen LogP contribution < -0.4 is 0 Å². The first-order chi connectivity index (χ1) is 10.7. The minimum Gasteiger partial charge on any atom is -0.508 e. The second-order valence-corrected chi connectivity index (χ2v) is 6.02. The third-order valence-electron chi connectivity index (χ3n) is 4.03. The quantitative estimate of drug-likeness (QED) is 0.837. The van der Waals surface area contributed by atoms with E-state index in [9.17, 15) is 14.8 Å². The van der Waals surface area contributed by atoms with Crippen molar-refractivity contribution in [2.45, 2.75) is 11.1 Å². The summed E-state index contributed by atoms with van der Waals surface area (Å²) in [6, 6.07) is 13.9. The largest absolute Gasteiger partial charge is 0.508 e. The maximum atomic E-state index is 11.8. The van der Waals surface area contributed by atoms with Crippen molar-refractivity contribution >= 4 is 8.46 Å². The molecule has 0 radical (unpaired) electrons. The summed E-state index contributed by atoms with van der Waals surface area (Å²) in [6.07, 6.45) is 7.74. The Kier molecular flexibility index (Phi) is 3.82. The molecule has 4 heteroatoms. The first-order valence-electron chi connectivity index (χ1n) is 6.94. The predicted molar refractivity (Wildman–Crippen MR) is 86.7 cm³/mol. The third kappa shape index (κ3) is 2.34.